The molecule has 1 unspecified atom stereocenters. The summed E-state index contributed by atoms with van der Waals surface area (Å²) < 4.78 is 40.1. The van der Waals surface area contributed by atoms with E-state index in [9.17, 15) is 18.0 Å². The second kappa shape index (κ2) is 11.9. The number of hydrogen-bond acceptors (Lipinski definition) is 8. The first-order valence-corrected chi connectivity index (χ1v) is 15.8. The number of amides is 2. The number of benzene rings is 2. The summed E-state index contributed by atoms with van der Waals surface area (Å²) >= 11 is 1.10. The summed E-state index contributed by atoms with van der Waals surface area (Å²) in [5, 5.41) is 4.55. The molecule has 0 fully saturated rings. The second-order valence-electron chi connectivity index (χ2n) is 9.90. The molecule has 3 aliphatic heterocycles. The third kappa shape index (κ3) is 6.01. The van der Waals surface area contributed by atoms with Crippen LogP contribution in [0.15, 0.2) is 82.6 Å². The smallest absolute Gasteiger partial charge is 0.252 e. The Kier molecular flexibility index (Phi) is 7.92. The average Bonchev–Trinajstić information content (AvgIpc) is 3.55. The number of hydrogen-bond donors (Lipinski definition) is 2. The van der Waals surface area contributed by atoms with Gasteiger partial charge in [0.2, 0.25) is 5.91 Å². The Labute approximate surface area is 247 Å². The van der Waals surface area contributed by atoms with Crippen LogP contribution in [0, 0.1) is 0 Å². The van der Waals surface area contributed by atoms with Gasteiger partial charge in [0.1, 0.15) is 21.5 Å². The molecule has 8 bridgehead atoms. The minimum atomic E-state index is -3.80. The Balaban J connectivity index is 1.34. The molecule has 0 radical (unpaired) electrons. The van der Waals surface area contributed by atoms with E-state index >= 15 is 0 Å². The number of nitrogens with zero attached hydrogens (tertiary/aromatic N) is 2. The third-order valence-corrected chi connectivity index (χ3v) is 9.90. The highest BCUT2D eigenvalue weighted by Gasteiger charge is 2.33. The van der Waals surface area contributed by atoms with Crippen LogP contribution in [0.1, 0.15) is 39.5 Å². The van der Waals surface area contributed by atoms with Crippen LogP contribution in [0.5, 0.6) is 17.2 Å². The Bertz CT molecular complexity index is 1730. The van der Waals surface area contributed by atoms with Gasteiger partial charge < -0.3 is 19.7 Å². The van der Waals surface area contributed by atoms with Crippen molar-refractivity contribution < 1.29 is 27.5 Å². The molecule has 42 heavy (non-hydrogen) atoms. The summed E-state index contributed by atoms with van der Waals surface area (Å²) in [7, 11) is -3.80. The number of ether oxygens (including phenoxy) is 2. The van der Waals surface area contributed by atoms with Crippen molar-refractivity contribution >= 4 is 33.2 Å². The quantitative estimate of drug-likeness (QED) is 0.362. The molecule has 0 saturated heterocycles. The highest BCUT2D eigenvalue weighted by Crippen LogP contribution is 2.38. The molecule has 2 aromatic carbocycles. The van der Waals surface area contributed by atoms with Gasteiger partial charge in [0, 0.05) is 19.3 Å². The van der Waals surface area contributed by atoms with Crippen molar-refractivity contribution in [2.75, 3.05) is 26.2 Å². The second-order valence-corrected chi connectivity index (χ2v) is 12.8. The first-order chi connectivity index (χ1) is 20.4. The van der Waals surface area contributed by atoms with Crippen molar-refractivity contribution in [1.82, 2.24) is 19.9 Å². The SMILES string of the molecule is O=C1NCCCOc2cccc(c2)C2c3ccc(cc3CCN2C(=O)CNS(=O)(=O)c2cccs2)Oc2cncc1c2. The Morgan fingerprint density at radius 1 is 1.07 bits per heavy atom. The lowest BCUT2D eigenvalue weighted by atomic mass is 9.87. The van der Waals surface area contributed by atoms with E-state index in [1.165, 1.54) is 12.3 Å². The molecule has 4 aromatic rings. The van der Waals surface area contributed by atoms with E-state index in [1.54, 1.807) is 28.6 Å². The Hall–Kier alpha value is -4.26. The van der Waals surface area contributed by atoms with Crippen molar-refractivity contribution in [1.29, 1.82) is 0 Å². The van der Waals surface area contributed by atoms with E-state index in [0.29, 0.717) is 55.4 Å². The number of aromatic nitrogens is 1. The minimum Gasteiger partial charge on any atom is -0.494 e. The van der Waals surface area contributed by atoms with Crippen molar-refractivity contribution in [2.45, 2.75) is 23.1 Å². The van der Waals surface area contributed by atoms with Crippen molar-refractivity contribution in [2.24, 2.45) is 0 Å². The van der Waals surface area contributed by atoms with Crippen LogP contribution in [-0.4, -0.2) is 56.4 Å². The first-order valence-electron chi connectivity index (χ1n) is 13.5. The van der Waals surface area contributed by atoms with Crippen LogP contribution >= 0.6 is 11.3 Å². The molecule has 0 aliphatic carbocycles. The van der Waals surface area contributed by atoms with Gasteiger partial charge in [0.05, 0.1) is 31.0 Å². The molecule has 5 heterocycles. The summed E-state index contributed by atoms with van der Waals surface area (Å²) in [6, 6.07) is 17.6. The number of carbonyl (C=O) groups excluding carboxylic acids is 2. The van der Waals surface area contributed by atoms with Gasteiger partial charge in [0.25, 0.3) is 15.9 Å². The fraction of sp³-hybridized carbons (Fsp3) is 0.233. The molecular weight excluding hydrogens is 576 g/mol. The predicted octanol–water partition coefficient (Wildman–Crippen LogP) is 3.90. The van der Waals surface area contributed by atoms with Gasteiger partial charge in [-0.15, -0.1) is 11.3 Å². The average molecular weight is 605 g/mol. The summed E-state index contributed by atoms with van der Waals surface area (Å²) in [5.74, 6) is 1.06. The Morgan fingerprint density at radius 2 is 1.98 bits per heavy atom. The van der Waals surface area contributed by atoms with E-state index < -0.39 is 16.1 Å². The van der Waals surface area contributed by atoms with Gasteiger partial charge in [-0.05, 0) is 71.3 Å². The van der Waals surface area contributed by atoms with E-state index in [4.69, 9.17) is 9.47 Å². The maximum absolute atomic E-state index is 13.6. The summed E-state index contributed by atoms with van der Waals surface area (Å²) in [4.78, 5) is 32.1. The van der Waals surface area contributed by atoms with E-state index in [0.717, 1.165) is 28.0 Å². The lowest BCUT2D eigenvalue weighted by Gasteiger charge is -2.38. The molecule has 2 amide bonds. The lowest BCUT2D eigenvalue weighted by molar-refractivity contribution is -0.132. The number of fused-ring (bicyclic) bond motifs is 6. The number of sulfonamides is 1. The molecule has 2 N–H and O–H groups in total. The van der Waals surface area contributed by atoms with Gasteiger partial charge in [-0.2, -0.15) is 0 Å². The molecule has 10 nitrogen and oxygen atoms in total. The highest BCUT2D eigenvalue weighted by molar-refractivity contribution is 7.91. The van der Waals surface area contributed by atoms with E-state index in [2.05, 4.69) is 15.0 Å². The topological polar surface area (TPSA) is 127 Å². The maximum Gasteiger partial charge on any atom is 0.252 e. The van der Waals surface area contributed by atoms with Crippen LogP contribution in [-0.2, 0) is 21.2 Å². The largest absolute Gasteiger partial charge is 0.494 e. The van der Waals surface area contributed by atoms with Gasteiger partial charge in [-0.1, -0.05) is 24.3 Å². The number of thiophene rings is 1. The lowest BCUT2D eigenvalue weighted by Crippen LogP contribution is -2.45. The number of pyridine rings is 1. The van der Waals surface area contributed by atoms with Crippen molar-refractivity contribution in [3.8, 4) is 17.2 Å². The van der Waals surface area contributed by atoms with Gasteiger partial charge in [-0.3, -0.25) is 14.6 Å². The zero-order valence-corrected chi connectivity index (χ0v) is 24.1. The van der Waals surface area contributed by atoms with Crippen LogP contribution < -0.4 is 19.5 Å². The molecular formula is C30H28N4O6S2. The standard InChI is InChI=1S/C30H28N4O6S2/c35-27(19-33-42(37,38)28-6-2-13-41-28)34-11-9-20-14-24-7-8-26(20)29(34)21-4-1-5-23(15-21)39-12-3-10-32-30(36)22-16-25(40-24)18-31-17-22/h1-2,4-8,13-18,29,33H,3,9-12,19H2,(H,32,36). The van der Waals surface area contributed by atoms with Crippen LogP contribution in [0.3, 0.4) is 0 Å². The Morgan fingerprint density at radius 3 is 2.83 bits per heavy atom. The molecule has 0 spiro atoms. The summed E-state index contributed by atoms with van der Waals surface area (Å²) in [6.45, 7) is 0.810. The summed E-state index contributed by atoms with van der Waals surface area (Å²) in [5.41, 5.74) is 3.13. The molecule has 2 aromatic heterocycles. The molecule has 1 atom stereocenters. The number of carbonyl (C=O) groups is 2. The molecule has 0 saturated carbocycles. The number of nitrogens with one attached hydrogen (secondary N) is 2. The first kappa shape index (κ1) is 27.9. The molecule has 3 aliphatic rings. The van der Waals surface area contributed by atoms with Crippen molar-refractivity contribution in [3.05, 3.63) is 101 Å². The van der Waals surface area contributed by atoms with Gasteiger partial charge in [-0.25, -0.2) is 13.1 Å². The normalized spacial score (nSPS) is 16.9. The van der Waals surface area contributed by atoms with Crippen LogP contribution in [0.25, 0.3) is 0 Å². The zero-order chi connectivity index (χ0) is 29.1. The predicted molar refractivity (Wildman–Crippen MR) is 156 cm³/mol. The van der Waals surface area contributed by atoms with Gasteiger partial charge >= 0.3 is 0 Å². The summed E-state index contributed by atoms with van der Waals surface area (Å²) in [6.07, 6.45) is 4.17. The minimum absolute atomic E-state index is 0.160. The molecule has 216 valence electrons. The van der Waals surface area contributed by atoms with Gasteiger partial charge in [0.15, 0.2) is 0 Å². The van der Waals surface area contributed by atoms with E-state index in [1.807, 2.05) is 42.5 Å². The highest BCUT2D eigenvalue weighted by atomic mass is 32.2. The van der Waals surface area contributed by atoms with Crippen molar-refractivity contribution in [3.63, 3.8) is 0 Å². The van der Waals surface area contributed by atoms with Crippen LogP contribution in [0.4, 0.5) is 0 Å². The zero-order valence-electron chi connectivity index (χ0n) is 22.5. The van der Waals surface area contributed by atoms with E-state index in [-0.39, 0.29) is 22.6 Å². The van der Waals surface area contributed by atoms with Crippen LogP contribution in [0.2, 0.25) is 0 Å². The molecule has 7 rings (SSSR count). The molecule has 12 heteroatoms. The number of rotatable bonds is 4. The fourth-order valence-electron chi connectivity index (χ4n) is 5.12. The third-order valence-electron chi connectivity index (χ3n) is 7.10. The fourth-order valence-corrected chi connectivity index (χ4v) is 7.13. The monoisotopic (exact) mass is 604 g/mol. The maximum atomic E-state index is 13.6.